The summed E-state index contributed by atoms with van der Waals surface area (Å²) in [5, 5.41) is 1.70. The highest BCUT2D eigenvalue weighted by Crippen LogP contribution is 2.29. The van der Waals surface area contributed by atoms with E-state index in [2.05, 4.69) is 18.8 Å². The van der Waals surface area contributed by atoms with Crippen molar-refractivity contribution in [3.8, 4) is 0 Å². The van der Waals surface area contributed by atoms with Gasteiger partial charge in [-0.05, 0) is 17.5 Å². The zero-order valence-electron chi connectivity index (χ0n) is 9.88. The highest BCUT2D eigenvalue weighted by atomic mass is 32.2. The van der Waals surface area contributed by atoms with Crippen LogP contribution in [0.25, 0.3) is 0 Å². The van der Waals surface area contributed by atoms with E-state index in [1.165, 1.54) is 11.8 Å². The minimum atomic E-state index is -0.101. The van der Waals surface area contributed by atoms with Gasteiger partial charge in [-0.15, -0.1) is 0 Å². The first-order valence-corrected chi connectivity index (χ1v) is 6.46. The quantitative estimate of drug-likeness (QED) is 0.646. The number of hydrazine groups is 1. The summed E-state index contributed by atoms with van der Waals surface area (Å²) < 4.78 is 0. The van der Waals surface area contributed by atoms with Gasteiger partial charge in [0.2, 0.25) is 0 Å². The first-order valence-electron chi connectivity index (χ1n) is 5.47. The molecule has 1 fully saturated rings. The van der Waals surface area contributed by atoms with E-state index in [0.29, 0.717) is 16.8 Å². The molecule has 0 unspecified atom stereocenters. The highest BCUT2D eigenvalue weighted by Gasteiger charge is 2.25. The van der Waals surface area contributed by atoms with Crippen LogP contribution in [0.1, 0.15) is 25.3 Å². The summed E-state index contributed by atoms with van der Waals surface area (Å²) >= 11 is 1.38. The van der Waals surface area contributed by atoms with Crippen molar-refractivity contribution < 1.29 is 4.79 Å². The molecule has 90 valence electrons. The van der Waals surface area contributed by atoms with Gasteiger partial charge in [0, 0.05) is 0 Å². The van der Waals surface area contributed by atoms with Crippen LogP contribution in [-0.2, 0) is 4.79 Å². The summed E-state index contributed by atoms with van der Waals surface area (Å²) in [6, 6.07) is 7.92. The summed E-state index contributed by atoms with van der Waals surface area (Å²) in [7, 11) is 0. The predicted molar refractivity (Wildman–Crippen MR) is 71.1 cm³/mol. The lowest BCUT2D eigenvalue weighted by molar-refractivity contribution is -0.124. The second-order valence-corrected chi connectivity index (χ2v) is 5.10. The van der Waals surface area contributed by atoms with Crippen LogP contribution in [0, 0.1) is 0 Å². The highest BCUT2D eigenvalue weighted by molar-refractivity contribution is 8.15. The average Bonchev–Trinajstić information content (AvgIpc) is 2.61. The molecule has 0 radical (unpaired) electrons. The van der Waals surface area contributed by atoms with E-state index in [0.717, 1.165) is 16.3 Å². The summed E-state index contributed by atoms with van der Waals surface area (Å²) in [5.74, 6) is 6.29. The Hall–Kier alpha value is -1.33. The van der Waals surface area contributed by atoms with Crippen molar-refractivity contribution in [3.63, 3.8) is 0 Å². The Kier molecular flexibility index (Phi) is 3.49. The van der Waals surface area contributed by atoms with E-state index in [4.69, 9.17) is 5.84 Å². The van der Waals surface area contributed by atoms with E-state index in [1.54, 1.807) is 0 Å². The number of rotatable bonds is 2. The fraction of sp³-hybridized carbons (Fsp3) is 0.333. The minimum Gasteiger partial charge on any atom is -0.272 e. The van der Waals surface area contributed by atoms with Crippen molar-refractivity contribution in [1.29, 1.82) is 0 Å². The number of nitrogens with zero attached hydrogens (tertiary/aromatic N) is 2. The van der Waals surface area contributed by atoms with Gasteiger partial charge in [-0.2, -0.15) is 0 Å². The number of hydrogen-bond donors (Lipinski definition) is 1. The minimum absolute atomic E-state index is 0.101. The summed E-state index contributed by atoms with van der Waals surface area (Å²) in [5.41, 5.74) is 2.04. The van der Waals surface area contributed by atoms with Gasteiger partial charge >= 0.3 is 0 Å². The van der Waals surface area contributed by atoms with Crippen LogP contribution in [-0.4, -0.2) is 21.8 Å². The molecule has 1 amide bonds. The molecule has 1 heterocycles. The van der Waals surface area contributed by atoms with E-state index in [-0.39, 0.29) is 5.91 Å². The van der Waals surface area contributed by atoms with Gasteiger partial charge in [0.15, 0.2) is 5.17 Å². The monoisotopic (exact) mass is 249 g/mol. The standard InChI is InChI=1S/C12H15N3OS/c1-8(2)9-5-3-4-6-10(9)14-12-15(13)11(16)7-17-12/h3-6,8H,7,13H2,1-2H3/b14-12+. The molecule has 0 saturated carbocycles. The lowest BCUT2D eigenvalue weighted by atomic mass is 10.0. The SMILES string of the molecule is CC(C)c1ccccc1/N=C1/SCC(=O)N1N. The van der Waals surface area contributed by atoms with E-state index < -0.39 is 0 Å². The maximum absolute atomic E-state index is 11.3. The fourth-order valence-corrected chi connectivity index (χ4v) is 2.43. The van der Waals surface area contributed by atoms with E-state index in [1.807, 2.05) is 24.3 Å². The molecule has 0 aliphatic carbocycles. The average molecular weight is 249 g/mol. The molecule has 5 heteroatoms. The zero-order chi connectivity index (χ0) is 12.4. The number of amides is 1. The molecule has 0 atom stereocenters. The largest absolute Gasteiger partial charge is 0.272 e. The third kappa shape index (κ3) is 2.50. The number of carbonyl (C=O) groups excluding carboxylic acids is 1. The van der Waals surface area contributed by atoms with Gasteiger partial charge in [0.05, 0.1) is 11.4 Å². The van der Waals surface area contributed by atoms with Gasteiger partial charge in [-0.1, -0.05) is 43.8 Å². The normalized spacial score (nSPS) is 18.5. The van der Waals surface area contributed by atoms with Gasteiger partial charge < -0.3 is 0 Å². The van der Waals surface area contributed by atoms with Crippen molar-refractivity contribution in [2.75, 3.05) is 5.75 Å². The van der Waals surface area contributed by atoms with Crippen LogP contribution < -0.4 is 5.84 Å². The molecular formula is C12H15N3OS. The van der Waals surface area contributed by atoms with Crippen LogP contribution in [0.5, 0.6) is 0 Å². The summed E-state index contributed by atoms with van der Waals surface area (Å²) in [6.07, 6.45) is 0. The van der Waals surface area contributed by atoms with Crippen molar-refractivity contribution in [2.45, 2.75) is 19.8 Å². The molecule has 17 heavy (non-hydrogen) atoms. The number of benzene rings is 1. The van der Waals surface area contributed by atoms with Crippen molar-refractivity contribution >= 4 is 28.5 Å². The third-order valence-electron chi connectivity index (χ3n) is 2.57. The Bertz CT molecular complexity index is 471. The lowest BCUT2D eigenvalue weighted by Crippen LogP contribution is -2.36. The van der Waals surface area contributed by atoms with Crippen molar-refractivity contribution in [3.05, 3.63) is 29.8 Å². The summed E-state index contributed by atoms with van der Waals surface area (Å²) in [6.45, 7) is 4.23. The lowest BCUT2D eigenvalue weighted by Gasteiger charge is -2.11. The molecule has 1 aliphatic rings. The number of hydrogen-bond acceptors (Lipinski definition) is 4. The van der Waals surface area contributed by atoms with E-state index >= 15 is 0 Å². The second-order valence-electron chi connectivity index (χ2n) is 4.16. The number of carbonyl (C=O) groups is 1. The van der Waals surface area contributed by atoms with Gasteiger partial charge in [-0.3, -0.25) is 4.79 Å². The first kappa shape index (κ1) is 12.1. The third-order valence-corrected chi connectivity index (χ3v) is 3.51. The van der Waals surface area contributed by atoms with Crippen molar-refractivity contribution in [2.24, 2.45) is 10.8 Å². The predicted octanol–water partition coefficient (Wildman–Crippen LogP) is 2.25. The smallest absolute Gasteiger partial charge is 0.253 e. The molecule has 0 bridgehead atoms. The molecule has 1 saturated heterocycles. The summed E-state index contributed by atoms with van der Waals surface area (Å²) in [4.78, 5) is 15.8. The molecular weight excluding hydrogens is 234 g/mol. The molecule has 0 spiro atoms. The Morgan fingerprint density at radius 2 is 2.12 bits per heavy atom. The van der Waals surface area contributed by atoms with E-state index in [9.17, 15) is 4.79 Å². The first-order chi connectivity index (χ1) is 8.09. The van der Waals surface area contributed by atoms with Crippen LogP contribution in [0.2, 0.25) is 0 Å². The van der Waals surface area contributed by atoms with Crippen LogP contribution >= 0.6 is 11.8 Å². The Morgan fingerprint density at radius 3 is 2.71 bits per heavy atom. The molecule has 1 aliphatic heterocycles. The van der Waals surface area contributed by atoms with Crippen LogP contribution in [0.4, 0.5) is 5.69 Å². The van der Waals surface area contributed by atoms with Crippen LogP contribution in [0.15, 0.2) is 29.3 Å². The van der Waals surface area contributed by atoms with Gasteiger partial charge in [0.25, 0.3) is 5.91 Å². The number of aliphatic imine (C=N–C) groups is 1. The molecule has 1 aromatic rings. The van der Waals surface area contributed by atoms with Gasteiger partial charge in [-0.25, -0.2) is 15.8 Å². The number of thioether (sulfide) groups is 1. The second kappa shape index (κ2) is 4.89. The molecule has 4 nitrogen and oxygen atoms in total. The molecule has 2 N–H and O–H groups in total. The zero-order valence-corrected chi connectivity index (χ0v) is 10.7. The molecule has 2 rings (SSSR count). The number of nitrogens with two attached hydrogens (primary N) is 1. The van der Waals surface area contributed by atoms with Crippen LogP contribution in [0.3, 0.4) is 0 Å². The number of amidine groups is 1. The fourth-order valence-electron chi connectivity index (χ4n) is 1.64. The Morgan fingerprint density at radius 1 is 1.41 bits per heavy atom. The molecule has 0 aromatic heterocycles. The Balaban J connectivity index is 2.36. The van der Waals surface area contributed by atoms with Crippen molar-refractivity contribution in [1.82, 2.24) is 5.01 Å². The number of para-hydroxylation sites is 1. The van der Waals surface area contributed by atoms with Gasteiger partial charge in [0.1, 0.15) is 0 Å². The Labute approximate surface area is 105 Å². The maximum Gasteiger partial charge on any atom is 0.253 e. The molecule has 1 aromatic carbocycles. The topological polar surface area (TPSA) is 58.7 Å². The maximum atomic E-state index is 11.3.